The van der Waals surface area contributed by atoms with Gasteiger partial charge in [0.05, 0.1) is 4.70 Å². The minimum atomic E-state index is -0.252. The van der Waals surface area contributed by atoms with Crippen LogP contribution in [0, 0.1) is 0 Å². The summed E-state index contributed by atoms with van der Waals surface area (Å²) in [6, 6.07) is 7.82. The molecule has 2 aromatic rings. The van der Waals surface area contributed by atoms with E-state index in [1.54, 1.807) is 0 Å². The van der Waals surface area contributed by atoms with Crippen molar-refractivity contribution in [3.05, 3.63) is 30.0 Å². The predicted molar refractivity (Wildman–Crippen MR) is 86.6 cm³/mol. The molecule has 0 aliphatic heterocycles. The summed E-state index contributed by atoms with van der Waals surface area (Å²) in [7, 11) is 0. The third kappa shape index (κ3) is 3.24. The number of nitrogens with two attached hydrogens (primary N) is 1. The van der Waals surface area contributed by atoms with Crippen molar-refractivity contribution in [1.29, 1.82) is 0 Å². The van der Waals surface area contributed by atoms with E-state index in [1.165, 1.54) is 24.4 Å². The molecule has 1 aromatic carbocycles. The summed E-state index contributed by atoms with van der Waals surface area (Å²) in [6.45, 7) is 0.539. The summed E-state index contributed by atoms with van der Waals surface area (Å²) in [5, 5.41) is 3.92. The van der Waals surface area contributed by atoms with Gasteiger partial charge < -0.3 is 11.1 Å². The zero-order chi connectivity index (χ0) is 14.7. The number of hydrogen-bond acceptors (Lipinski definition) is 4. The number of carbonyl (C=O) groups is 1. The van der Waals surface area contributed by atoms with Crippen molar-refractivity contribution in [2.75, 3.05) is 6.54 Å². The maximum atomic E-state index is 12.4. The van der Waals surface area contributed by atoms with E-state index < -0.39 is 0 Å². The third-order valence-corrected chi connectivity index (χ3v) is 5.12. The molecule has 1 aliphatic carbocycles. The zero-order valence-electron chi connectivity index (χ0n) is 12.1. The number of benzene rings is 1. The Morgan fingerprint density at radius 3 is 2.71 bits per heavy atom. The number of nitrogens with zero attached hydrogens (tertiary/aromatic N) is 1. The summed E-state index contributed by atoms with van der Waals surface area (Å²) in [5.74, 6) is -0.110. The van der Waals surface area contributed by atoms with E-state index >= 15 is 0 Å². The molecule has 1 heterocycles. The van der Waals surface area contributed by atoms with Crippen LogP contribution in [0.25, 0.3) is 10.1 Å². The van der Waals surface area contributed by atoms with Crippen molar-refractivity contribution in [3.63, 3.8) is 0 Å². The molecule has 4 nitrogen and oxygen atoms in total. The lowest BCUT2D eigenvalue weighted by Crippen LogP contribution is -2.49. The van der Waals surface area contributed by atoms with Crippen LogP contribution in [0.15, 0.2) is 24.3 Å². The van der Waals surface area contributed by atoms with Gasteiger partial charge >= 0.3 is 0 Å². The molecule has 0 atom stereocenters. The molecule has 21 heavy (non-hydrogen) atoms. The summed E-state index contributed by atoms with van der Waals surface area (Å²) >= 11 is 1.36. The number of nitrogens with one attached hydrogen (secondary N) is 1. The summed E-state index contributed by atoms with van der Waals surface area (Å²) in [4.78, 5) is 12.4. The Hall–Kier alpha value is -1.46. The first kappa shape index (κ1) is 14.5. The Labute approximate surface area is 128 Å². The second-order valence-electron chi connectivity index (χ2n) is 5.99. The molecule has 3 N–H and O–H groups in total. The first-order valence-electron chi connectivity index (χ1n) is 7.59. The second-order valence-corrected chi connectivity index (χ2v) is 6.79. The Balaban J connectivity index is 1.69. The molecular weight excluding hydrogens is 282 g/mol. The maximum absolute atomic E-state index is 12.4. The Morgan fingerprint density at radius 1 is 1.24 bits per heavy atom. The maximum Gasteiger partial charge on any atom is 0.271 e. The van der Waals surface area contributed by atoms with Crippen molar-refractivity contribution in [2.24, 2.45) is 5.73 Å². The summed E-state index contributed by atoms with van der Waals surface area (Å²) in [5.41, 5.74) is 6.71. The van der Waals surface area contributed by atoms with E-state index in [2.05, 4.69) is 9.69 Å². The highest BCUT2D eigenvalue weighted by Gasteiger charge is 2.27. The lowest BCUT2D eigenvalue weighted by atomic mass is 9.91. The van der Waals surface area contributed by atoms with Crippen LogP contribution in [-0.4, -0.2) is 22.4 Å². The lowest BCUT2D eigenvalue weighted by molar-refractivity contribution is 0.0939. The van der Waals surface area contributed by atoms with E-state index in [0.717, 1.165) is 35.8 Å². The normalized spacial score (nSPS) is 18.3. The molecule has 1 aromatic heterocycles. The molecule has 0 saturated heterocycles. The third-order valence-electron chi connectivity index (χ3n) is 4.29. The van der Waals surface area contributed by atoms with Gasteiger partial charge in [-0.25, -0.2) is 0 Å². The minimum absolute atomic E-state index is 0.110. The van der Waals surface area contributed by atoms with Crippen LogP contribution in [0.2, 0.25) is 0 Å². The lowest BCUT2D eigenvalue weighted by Gasteiger charge is -2.28. The van der Waals surface area contributed by atoms with Gasteiger partial charge in [0, 0.05) is 17.5 Å². The van der Waals surface area contributed by atoms with Crippen LogP contribution in [0.5, 0.6) is 0 Å². The first-order chi connectivity index (χ1) is 10.2. The van der Waals surface area contributed by atoms with Crippen molar-refractivity contribution in [1.82, 2.24) is 9.69 Å². The number of rotatable bonds is 3. The molecule has 5 heteroatoms. The average molecular weight is 303 g/mol. The molecule has 112 valence electrons. The minimum Gasteiger partial charge on any atom is -0.349 e. The molecular formula is C16H21N3OS. The van der Waals surface area contributed by atoms with Crippen LogP contribution in [0.4, 0.5) is 0 Å². The highest BCUT2D eigenvalue weighted by Crippen LogP contribution is 2.25. The van der Waals surface area contributed by atoms with Crippen LogP contribution < -0.4 is 11.1 Å². The quantitative estimate of drug-likeness (QED) is 0.856. The summed E-state index contributed by atoms with van der Waals surface area (Å²) < 4.78 is 5.33. The van der Waals surface area contributed by atoms with Gasteiger partial charge in [-0.05, 0) is 30.4 Å². The Morgan fingerprint density at radius 2 is 1.95 bits per heavy atom. The van der Waals surface area contributed by atoms with Crippen LogP contribution in [0.3, 0.4) is 0 Å². The van der Waals surface area contributed by atoms with Crippen molar-refractivity contribution in [2.45, 2.75) is 44.1 Å². The zero-order valence-corrected chi connectivity index (χ0v) is 12.9. The fourth-order valence-corrected chi connectivity index (χ4v) is 3.77. The molecule has 1 aliphatic rings. The van der Waals surface area contributed by atoms with Crippen molar-refractivity contribution < 1.29 is 4.79 Å². The van der Waals surface area contributed by atoms with Gasteiger partial charge in [0.15, 0.2) is 0 Å². The average Bonchev–Trinajstić information content (AvgIpc) is 2.81. The topological polar surface area (TPSA) is 68.0 Å². The molecule has 0 radical (unpaired) electrons. The highest BCUT2D eigenvalue weighted by molar-refractivity contribution is 7.13. The Kier molecular flexibility index (Phi) is 4.22. The van der Waals surface area contributed by atoms with Gasteiger partial charge in [-0.3, -0.25) is 4.79 Å². The standard InChI is InChI=1S/C16H21N3OS/c17-16(9-5-1-2-6-10-16)11-18-15(20)14-12-7-3-4-8-13(12)21-19-14/h3-4,7-8H,1-2,5-6,9-11,17H2,(H,18,20). The van der Waals surface area contributed by atoms with Crippen molar-refractivity contribution in [3.8, 4) is 0 Å². The van der Waals surface area contributed by atoms with Crippen molar-refractivity contribution >= 4 is 27.5 Å². The number of hydrogen-bond donors (Lipinski definition) is 2. The largest absolute Gasteiger partial charge is 0.349 e. The van der Waals surface area contributed by atoms with E-state index in [0.29, 0.717) is 12.2 Å². The molecule has 0 bridgehead atoms. The van der Waals surface area contributed by atoms with Gasteiger partial charge in [-0.2, -0.15) is 4.37 Å². The molecule has 3 rings (SSSR count). The molecule has 1 saturated carbocycles. The molecule has 1 amide bonds. The summed E-state index contributed by atoms with van der Waals surface area (Å²) in [6.07, 6.45) is 6.81. The molecule has 0 spiro atoms. The Bertz CT molecular complexity index is 629. The second kappa shape index (κ2) is 6.12. The van der Waals surface area contributed by atoms with Gasteiger partial charge in [-0.1, -0.05) is 43.9 Å². The molecule has 1 fully saturated rings. The van der Waals surface area contributed by atoms with Gasteiger partial charge in [0.2, 0.25) is 0 Å². The number of amides is 1. The smallest absolute Gasteiger partial charge is 0.271 e. The van der Waals surface area contributed by atoms with Crippen LogP contribution in [-0.2, 0) is 0 Å². The monoisotopic (exact) mass is 303 g/mol. The highest BCUT2D eigenvalue weighted by atomic mass is 32.1. The van der Waals surface area contributed by atoms with Gasteiger partial charge in [0.25, 0.3) is 5.91 Å². The SMILES string of the molecule is NC1(CNC(=O)c2nsc3ccccc23)CCCCCC1. The number of aromatic nitrogens is 1. The van der Waals surface area contributed by atoms with E-state index in [-0.39, 0.29) is 11.4 Å². The van der Waals surface area contributed by atoms with E-state index in [9.17, 15) is 4.79 Å². The van der Waals surface area contributed by atoms with Gasteiger partial charge in [-0.15, -0.1) is 0 Å². The van der Waals surface area contributed by atoms with Crippen LogP contribution in [0.1, 0.15) is 49.0 Å². The van der Waals surface area contributed by atoms with Crippen LogP contribution >= 0.6 is 11.5 Å². The van der Waals surface area contributed by atoms with Gasteiger partial charge in [0.1, 0.15) is 5.69 Å². The fourth-order valence-electron chi connectivity index (χ4n) is 3.00. The number of fused-ring (bicyclic) bond motifs is 1. The first-order valence-corrected chi connectivity index (χ1v) is 8.37. The fraction of sp³-hybridized carbons (Fsp3) is 0.500. The van der Waals surface area contributed by atoms with E-state index in [1.807, 2.05) is 24.3 Å². The predicted octanol–water partition coefficient (Wildman–Crippen LogP) is 3.08. The number of carbonyl (C=O) groups excluding carboxylic acids is 1. The van der Waals surface area contributed by atoms with E-state index in [4.69, 9.17) is 5.73 Å². The molecule has 0 unspecified atom stereocenters.